The highest BCUT2D eigenvalue weighted by Gasteiger charge is 2.37. The zero-order chi connectivity index (χ0) is 22.0. The van der Waals surface area contributed by atoms with E-state index in [0.717, 1.165) is 36.9 Å². The minimum absolute atomic E-state index is 0.00874. The first-order chi connectivity index (χ1) is 15.0. The summed E-state index contributed by atoms with van der Waals surface area (Å²) in [5.41, 5.74) is 3.36. The number of aryl methyl sites for hydroxylation is 1. The van der Waals surface area contributed by atoms with E-state index in [9.17, 15) is 20.0 Å². The maximum absolute atomic E-state index is 11.4. The van der Waals surface area contributed by atoms with E-state index < -0.39 is 5.97 Å². The van der Waals surface area contributed by atoms with Crippen LogP contribution in [0.5, 0.6) is 0 Å². The molecule has 7 nitrogen and oxygen atoms in total. The Morgan fingerprint density at radius 3 is 2.71 bits per heavy atom. The first kappa shape index (κ1) is 20.7. The molecule has 1 fully saturated rings. The van der Waals surface area contributed by atoms with Crippen LogP contribution in [0.1, 0.15) is 69.8 Å². The lowest BCUT2D eigenvalue weighted by molar-refractivity contribution is 0.0690. The van der Waals surface area contributed by atoms with Crippen molar-refractivity contribution in [3.05, 3.63) is 58.4 Å². The number of nitriles is 1. The van der Waals surface area contributed by atoms with Crippen molar-refractivity contribution in [2.45, 2.75) is 44.6 Å². The van der Waals surface area contributed by atoms with E-state index in [1.807, 2.05) is 12.1 Å². The Morgan fingerprint density at radius 2 is 2.03 bits per heavy atom. The Hall–Kier alpha value is -3.53. The molecule has 2 unspecified atom stereocenters. The van der Waals surface area contributed by atoms with Crippen LogP contribution < -0.4 is 5.32 Å². The van der Waals surface area contributed by atoms with Crippen molar-refractivity contribution < 1.29 is 14.7 Å². The number of carboxylic acids is 1. The zero-order valence-electron chi connectivity index (χ0n) is 17.1. The standard InChI is InChI=1S/C24H24N4O3/c25-12-15-5-6-17(11-16(15)13-29)27-23(14-3-1-2-4-14)19-8-9-20-18(22(19)26)7-10-21(28-20)24(30)31/h5-7,10-11,13-14,19,23,26-27H,1-4,8-9H2,(H,30,31). The maximum atomic E-state index is 11.4. The van der Waals surface area contributed by atoms with Gasteiger partial charge in [0.2, 0.25) is 0 Å². The SMILES string of the molecule is N#Cc1ccc(NC(C2CCCC2)C2CCc3nc(C(=O)O)ccc3C2=N)cc1C=O. The Bertz CT molecular complexity index is 1080. The number of hydrogen-bond acceptors (Lipinski definition) is 6. The quantitative estimate of drug-likeness (QED) is 0.609. The van der Waals surface area contributed by atoms with E-state index in [4.69, 9.17) is 5.41 Å². The highest BCUT2D eigenvalue weighted by atomic mass is 16.4. The van der Waals surface area contributed by atoms with Crippen LogP contribution in [0.25, 0.3) is 0 Å². The number of rotatable bonds is 6. The zero-order valence-corrected chi connectivity index (χ0v) is 17.1. The highest BCUT2D eigenvalue weighted by Crippen LogP contribution is 2.38. The molecule has 3 N–H and O–H groups in total. The van der Waals surface area contributed by atoms with Gasteiger partial charge in [-0.3, -0.25) is 4.79 Å². The number of carbonyl (C=O) groups is 2. The van der Waals surface area contributed by atoms with E-state index in [1.54, 1.807) is 18.2 Å². The minimum Gasteiger partial charge on any atom is -0.477 e. The monoisotopic (exact) mass is 416 g/mol. The molecule has 31 heavy (non-hydrogen) atoms. The number of hydrogen-bond donors (Lipinski definition) is 3. The molecular formula is C24H24N4O3. The van der Waals surface area contributed by atoms with E-state index >= 15 is 0 Å². The lowest BCUT2D eigenvalue weighted by Gasteiger charge is -2.36. The Kier molecular flexibility index (Phi) is 5.81. The predicted molar refractivity (Wildman–Crippen MR) is 116 cm³/mol. The summed E-state index contributed by atoms with van der Waals surface area (Å²) in [6.07, 6.45) is 6.53. The summed E-state index contributed by atoms with van der Waals surface area (Å²) in [7, 11) is 0. The number of carbonyl (C=O) groups excluding carboxylic acids is 1. The first-order valence-electron chi connectivity index (χ1n) is 10.6. The molecule has 2 atom stereocenters. The molecule has 1 aromatic heterocycles. The number of aromatic nitrogens is 1. The highest BCUT2D eigenvalue weighted by molar-refractivity contribution is 6.03. The molecule has 0 radical (unpaired) electrons. The van der Waals surface area contributed by atoms with Gasteiger partial charge >= 0.3 is 5.97 Å². The van der Waals surface area contributed by atoms with Gasteiger partial charge in [-0.05, 0) is 61.9 Å². The van der Waals surface area contributed by atoms with Gasteiger partial charge < -0.3 is 15.8 Å². The van der Waals surface area contributed by atoms with Crippen LogP contribution in [0.4, 0.5) is 5.69 Å². The number of aromatic carboxylic acids is 1. The van der Waals surface area contributed by atoms with Crippen LogP contribution in [-0.4, -0.2) is 34.1 Å². The van der Waals surface area contributed by atoms with Gasteiger partial charge in [0.15, 0.2) is 6.29 Å². The summed E-state index contributed by atoms with van der Waals surface area (Å²) in [5, 5.41) is 30.9. The number of nitrogens with one attached hydrogen (secondary N) is 2. The first-order valence-corrected chi connectivity index (χ1v) is 10.6. The fraction of sp³-hybridized carbons (Fsp3) is 0.375. The van der Waals surface area contributed by atoms with Crippen molar-refractivity contribution in [3.8, 4) is 6.07 Å². The van der Waals surface area contributed by atoms with E-state index in [1.165, 1.54) is 6.07 Å². The van der Waals surface area contributed by atoms with Gasteiger partial charge in [0.25, 0.3) is 0 Å². The van der Waals surface area contributed by atoms with Crippen LogP contribution in [0.15, 0.2) is 30.3 Å². The van der Waals surface area contributed by atoms with Gasteiger partial charge in [-0.15, -0.1) is 0 Å². The van der Waals surface area contributed by atoms with Crippen molar-refractivity contribution in [1.29, 1.82) is 10.7 Å². The second kappa shape index (κ2) is 8.68. The molecular weight excluding hydrogens is 392 g/mol. The molecule has 4 rings (SSSR count). The summed E-state index contributed by atoms with van der Waals surface area (Å²) >= 11 is 0. The third-order valence-electron chi connectivity index (χ3n) is 6.52. The molecule has 2 aliphatic rings. The van der Waals surface area contributed by atoms with Gasteiger partial charge in [-0.1, -0.05) is 12.8 Å². The summed E-state index contributed by atoms with van der Waals surface area (Å²) in [6.45, 7) is 0. The number of aldehydes is 1. The molecule has 2 aromatic rings. The molecule has 0 amide bonds. The fourth-order valence-electron chi connectivity index (χ4n) is 4.96. The topological polar surface area (TPSA) is 127 Å². The predicted octanol–water partition coefficient (Wildman–Crippen LogP) is 4.07. The van der Waals surface area contributed by atoms with Gasteiger partial charge in [0, 0.05) is 34.5 Å². The molecule has 0 aliphatic heterocycles. The summed E-state index contributed by atoms with van der Waals surface area (Å²) in [5.74, 6) is -0.689. The molecule has 2 aliphatic carbocycles. The number of fused-ring (bicyclic) bond motifs is 1. The lowest BCUT2D eigenvalue weighted by atomic mass is 9.75. The molecule has 1 saturated carbocycles. The third kappa shape index (κ3) is 4.06. The van der Waals surface area contributed by atoms with E-state index in [0.29, 0.717) is 47.6 Å². The average molecular weight is 416 g/mol. The van der Waals surface area contributed by atoms with Crippen molar-refractivity contribution in [3.63, 3.8) is 0 Å². The molecule has 1 heterocycles. The smallest absolute Gasteiger partial charge is 0.354 e. The van der Waals surface area contributed by atoms with E-state index in [-0.39, 0.29) is 17.7 Å². The number of nitrogens with zero attached hydrogens (tertiary/aromatic N) is 2. The summed E-state index contributed by atoms with van der Waals surface area (Å²) in [6, 6.07) is 10.4. The number of anilines is 1. The molecule has 158 valence electrons. The Morgan fingerprint density at radius 1 is 1.26 bits per heavy atom. The number of pyridine rings is 1. The van der Waals surface area contributed by atoms with Crippen LogP contribution in [0.3, 0.4) is 0 Å². The van der Waals surface area contributed by atoms with Crippen LogP contribution in [-0.2, 0) is 6.42 Å². The fourth-order valence-corrected chi connectivity index (χ4v) is 4.96. The third-order valence-corrected chi connectivity index (χ3v) is 6.52. The molecule has 0 bridgehead atoms. The maximum Gasteiger partial charge on any atom is 0.354 e. The largest absolute Gasteiger partial charge is 0.477 e. The Balaban J connectivity index is 1.64. The van der Waals surface area contributed by atoms with Crippen molar-refractivity contribution in [2.75, 3.05) is 5.32 Å². The molecule has 7 heteroatoms. The summed E-state index contributed by atoms with van der Waals surface area (Å²) < 4.78 is 0. The van der Waals surface area contributed by atoms with Gasteiger partial charge in [-0.25, -0.2) is 9.78 Å². The lowest BCUT2D eigenvalue weighted by Crippen LogP contribution is -2.42. The second-order valence-corrected chi connectivity index (χ2v) is 8.30. The molecule has 0 spiro atoms. The molecule has 1 aromatic carbocycles. The molecule has 0 saturated heterocycles. The van der Waals surface area contributed by atoms with Crippen molar-refractivity contribution >= 4 is 23.7 Å². The van der Waals surface area contributed by atoms with Gasteiger partial charge in [-0.2, -0.15) is 5.26 Å². The van der Waals surface area contributed by atoms with E-state index in [2.05, 4.69) is 10.3 Å². The second-order valence-electron chi connectivity index (χ2n) is 8.30. The number of carboxylic acid groups (broad SMARTS) is 1. The average Bonchev–Trinajstić information content (AvgIpc) is 3.32. The summed E-state index contributed by atoms with van der Waals surface area (Å²) in [4.78, 5) is 26.9. The van der Waals surface area contributed by atoms with Crippen LogP contribution >= 0.6 is 0 Å². The Labute approximate surface area is 180 Å². The van der Waals surface area contributed by atoms with Crippen molar-refractivity contribution in [2.24, 2.45) is 11.8 Å². The van der Waals surface area contributed by atoms with Gasteiger partial charge in [0.1, 0.15) is 5.69 Å². The van der Waals surface area contributed by atoms with Crippen LogP contribution in [0.2, 0.25) is 0 Å². The number of benzene rings is 1. The van der Waals surface area contributed by atoms with Gasteiger partial charge in [0.05, 0.1) is 17.3 Å². The van der Waals surface area contributed by atoms with Crippen LogP contribution in [0, 0.1) is 28.6 Å². The van der Waals surface area contributed by atoms with Crippen molar-refractivity contribution in [1.82, 2.24) is 4.98 Å². The minimum atomic E-state index is -1.06. The normalized spacial score (nSPS) is 19.3.